The minimum absolute atomic E-state index is 0.434. The number of hydrogen-bond acceptors (Lipinski definition) is 4. The minimum Gasteiger partial charge on any atom is -0.387 e. The van der Waals surface area contributed by atoms with E-state index < -0.39 is 5.66 Å². The van der Waals surface area contributed by atoms with Gasteiger partial charge in [0.1, 0.15) is 11.9 Å². The van der Waals surface area contributed by atoms with Gasteiger partial charge in [0, 0.05) is 24.9 Å². The summed E-state index contributed by atoms with van der Waals surface area (Å²) in [5.41, 5.74) is 2.67. The normalized spacial score (nSPS) is 16.0. The molecule has 0 saturated heterocycles. The molecule has 0 unspecified atom stereocenters. The van der Waals surface area contributed by atoms with Crippen molar-refractivity contribution in [1.82, 2.24) is 20.9 Å². The molecule has 21 heavy (non-hydrogen) atoms. The molecule has 1 aromatic rings. The molecule has 0 amide bonds. The summed E-state index contributed by atoms with van der Waals surface area (Å²) in [5.74, 6) is 3.13. The van der Waals surface area contributed by atoms with E-state index >= 15 is 0 Å². The monoisotopic (exact) mass is 281 g/mol. The molecule has 2 rings (SSSR count). The van der Waals surface area contributed by atoms with Crippen LogP contribution in [0, 0.1) is 25.1 Å². The quantitative estimate of drug-likeness (QED) is 0.574. The van der Waals surface area contributed by atoms with Gasteiger partial charge in [-0.3, -0.25) is 15.5 Å². The van der Waals surface area contributed by atoms with Crippen LogP contribution in [0.2, 0.25) is 0 Å². The van der Waals surface area contributed by atoms with Crippen LogP contribution in [0.25, 0.3) is 0 Å². The molecule has 1 heterocycles. The Morgan fingerprint density at radius 3 is 2.33 bits per heavy atom. The molecular weight excluding hydrogens is 260 g/mol. The number of nitrogens with zero attached hydrogens (tertiary/aromatic N) is 1. The van der Waals surface area contributed by atoms with Crippen LogP contribution in [-0.4, -0.2) is 31.7 Å². The van der Waals surface area contributed by atoms with Gasteiger partial charge in [0.25, 0.3) is 0 Å². The smallest absolute Gasteiger partial charge is 0.133 e. The maximum Gasteiger partial charge on any atom is 0.133 e. The second-order valence-corrected chi connectivity index (χ2v) is 4.83. The van der Waals surface area contributed by atoms with E-state index in [0.717, 1.165) is 11.3 Å². The van der Waals surface area contributed by atoms with Crippen molar-refractivity contribution in [2.45, 2.75) is 12.6 Å². The van der Waals surface area contributed by atoms with Gasteiger partial charge < -0.3 is 5.32 Å². The molecule has 4 nitrogen and oxygen atoms in total. The van der Waals surface area contributed by atoms with Crippen molar-refractivity contribution in [2.75, 3.05) is 21.1 Å². The average molecular weight is 281 g/mol. The van der Waals surface area contributed by atoms with Crippen LogP contribution in [0.3, 0.4) is 0 Å². The number of benzene rings is 1. The Hall–Kier alpha value is -2.22. The first-order chi connectivity index (χ1) is 10.1. The number of likely N-dealkylation sites (N-methyl/N-ethyl adjacent to an activating group) is 3. The molecule has 0 spiro atoms. The second-order valence-electron chi connectivity index (χ2n) is 4.83. The maximum atomic E-state index is 3.23. The number of nitrogens with one attached hydrogen (secondary N) is 3. The van der Waals surface area contributed by atoms with Crippen LogP contribution < -0.4 is 16.0 Å². The Balaban J connectivity index is 2.21. The van der Waals surface area contributed by atoms with Gasteiger partial charge in [-0.15, -0.1) is 0 Å². The Labute approximate surface area is 126 Å². The molecule has 0 aromatic heterocycles. The van der Waals surface area contributed by atoms with E-state index in [1.54, 1.807) is 4.90 Å². The molecule has 3 N–H and O–H groups in total. The fraction of sp³-hybridized carbons (Fsp3) is 0.294. The van der Waals surface area contributed by atoms with Gasteiger partial charge >= 0.3 is 0 Å². The Morgan fingerprint density at radius 2 is 1.76 bits per heavy atom. The van der Waals surface area contributed by atoms with E-state index in [2.05, 4.69) is 53.2 Å². The van der Waals surface area contributed by atoms with E-state index in [-0.39, 0.29) is 0 Å². The predicted octanol–water partition coefficient (Wildman–Crippen LogP) is 1.13. The first-order valence-electron chi connectivity index (χ1n) is 6.90. The molecule has 4 heteroatoms. The van der Waals surface area contributed by atoms with Crippen molar-refractivity contribution in [2.24, 2.45) is 0 Å². The van der Waals surface area contributed by atoms with Crippen LogP contribution >= 0.6 is 0 Å². The van der Waals surface area contributed by atoms with Crippen molar-refractivity contribution < 1.29 is 0 Å². The Morgan fingerprint density at radius 1 is 1.10 bits per heavy atom. The fourth-order valence-corrected chi connectivity index (χ4v) is 2.14. The van der Waals surface area contributed by atoms with Crippen LogP contribution in [0.5, 0.6) is 0 Å². The second kappa shape index (κ2) is 6.49. The Bertz CT molecular complexity index is 598. The molecule has 0 bridgehead atoms. The highest BCUT2D eigenvalue weighted by Gasteiger charge is 2.30. The van der Waals surface area contributed by atoms with Crippen LogP contribution in [0.1, 0.15) is 11.1 Å². The lowest BCUT2D eigenvalue weighted by Gasteiger charge is -2.35. The summed E-state index contributed by atoms with van der Waals surface area (Å²) < 4.78 is 0. The summed E-state index contributed by atoms with van der Waals surface area (Å²) in [6.07, 6.45) is 7.14. The third-order valence-electron chi connectivity index (χ3n) is 3.51. The molecule has 1 aromatic carbocycles. The van der Waals surface area contributed by atoms with E-state index in [4.69, 9.17) is 0 Å². The van der Waals surface area contributed by atoms with E-state index in [1.165, 1.54) is 5.56 Å². The highest BCUT2D eigenvalue weighted by Crippen LogP contribution is 2.17. The molecular formula is C17H21N4. The molecule has 1 aliphatic heterocycles. The highest BCUT2D eigenvalue weighted by molar-refractivity contribution is 5.37. The summed E-state index contributed by atoms with van der Waals surface area (Å²) in [6.45, 7) is 2.06. The van der Waals surface area contributed by atoms with Gasteiger partial charge in [-0.1, -0.05) is 17.7 Å². The van der Waals surface area contributed by atoms with Gasteiger partial charge in [0.05, 0.1) is 5.70 Å². The largest absolute Gasteiger partial charge is 0.387 e. The van der Waals surface area contributed by atoms with Gasteiger partial charge in [-0.05, 0) is 45.1 Å². The number of rotatable bonds is 3. The average Bonchev–Trinajstić information content (AvgIpc) is 2.54. The van der Waals surface area contributed by atoms with Crippen molar-refractivity contribution >= 4 is 0 Å². The van der Waals surface area contributed by atoms with Crippen LogP contribution in [0.15, 0.2) is 42.2 Å². The van der Waals surface area contributed by atoms with E-state index in [1.807, 2.05) is 45.6 Å². The minimum atomic E-state index is -0.434. The summed E-state index contributed by atoms with van der Waals surface area (Å²) in [6, 6.07) is 11.2. The van der Waals surface area contributed by atoms with Crippen molar-refractivity contribution in [1.29, 1.82) is 0 Å². The van der Waals surface area contributed by atoms with Gasteiger partial charge in [0.2, 0.25) is 0 Å². The molecule has 0 aliphatic carbocycles. The zero-order valence-corrected chi connectivity index (χ0v) is 12.9. The summed E-state index contributed by atoms with van der Waals surface area (Å²) in [5, 5.41) is 9.62. The number of aryl methyl sites for hydroxylation is 1. The SMILES string of the molecule is CNC1=[C]N(C#Cc2ccc(C)cc2)C=CC1(NC)NC. The standard InChI is InChI=1S/C17H21N4/c1-14-5-7-15(8-6-14)9-11-21-12-10-17(19-3,20-4)16(13-21)18-2/h5-8,10,12,18-20H,1-4H3. The Kier molecular flexibility index (Phi) is 4.69. The fourth-order valence-electron chi connectivity index (χ4n) is 2.14. The first-order valence-corrected chi connectivity index (χ1v) is 6.90. The predicted molar refractivity (Wildman–Crippen MR) is 85.7 cm³/mol. The van der Waals surface area contributed by atoms with Crippen molar-refractivity contribution in [3.63, 3.8) is 0 Å². The van der Waals surface area contributed by atoms with E-state index in [9.17, 15) is 0 Å². The zero-order chi connectivity index (χ0) is 15.3. The van der Waals surface area contributed by atoms with Gasteiger partial charge in [-0.25, -0.2) is 0 Å². The van der Waals surface area contributed by atoms with Crippen LogP contribution in [0.4, 0.5) is 0 Å². The number of hydrogen-bond donors (Lipinski definition) is 3. The lowest BCUT2D eigenvalue weighted by atomic mass is 10.0. The first kappa shape index (κ1) is 15.2. The topological polar surface area (TPSA) is 39.3 Å². The third-order valence-corrected chi connectivity index (χ3v) is 3.51. The van der Waals surface area contributed by atoms with Crippen molar-refractivity contribution in [3.05, 3.63) is 59.6 Å². The highest BCUT2D eigenvalue weighted by atomic mass is 15.2. The molecule has 0 fully saturated rings. The van der Waals surface area contributed by atoms with Crippen molar-refractivity contribution in [3.8, 4) is 12.0 Å². The zero-order valence-electron chi connectivity index (χ0n) is 12.9. The maximum absolute atomic E-state index is 3.23. The summed E-state index contributed by atoms with van der Waals surface area (Å²) in [4.78, 5) is 1.73. The molecule has 109 valence electrons. The lowest BCUT2D eigenvalue weighted by molar-refractivity contribution is 0.391. The third kappa shape index (κ3) is 3.27. The summed E-state index contributed by atoms with van der Waals surface area (Å²) >= 11 is 0. The molecule has 1 aliphatic rings. The van der Waals surface area contributed by atoms with E-state index in [0.29, 0.717) is 0 Å². The molecule has 0 atom stereocenters. The van der Waals surface area contributed by atoms with Gasteiger partial charge in [0.15, 0.2) is 0 Å². The lowest BCUT2D eigenvalue weighted by Crippen LogP contribution is -2.58. The molecule has 0 saturated carbocycles. The summed E-state index contributed by atoms with van der Waals surface area (Å²) in [7, 11) is 5.66. The van der Waals surface area contributed by atoms with Gasteiger partial charge in [-0.2, -0.15) is 0 Å². The van der Waals surface area contributed by atoms with Crippen LogP contribution in [-0.2, 0) is 0 Å². The molecule has 1 radical (unpaired) electrons.